The van der Waals surface area contributed by atoms with Crippen LogP contribution in [0.4, 0.5) is 0 Å². The van der Waals surface area contributed by atoms with Crippen molar-refractivity contribution in [2.24, 2.45) is 0 Å². The van der Waals surface area contributed by atoms with E-state index in [1.54, 1.807) is 0 Å². The van der Waals surface area contributed by atoms with E-state index in [4.69, 9.17) is 0 Å². The zero-order valence-corrected chi connectivity index (χ0v) is 11.0. The van der Waals surface area contributed by atoms with Crippen molar-refractivity contribution in [2.45, 2.75) is 42.7 Å². The van der Waals surface area contributed by atoms with Gasteiger partial charge in [-0.1, -0.05) is 0 Å². The molecule has 1 aromatic rings. The van der Waals surface area contributed by atoms with E-state index in [-0.39, 0.29) is 32.0 Å². The van der Waals surface area contributed by atoms with Gasteiger partial charge in [-0.15, -0.1) is 0 Å². The van der Waals surface area contributed by atoms with Gasteiger partial charge in [-0.3, -0.25) is 0 Å². The topological polar surface area (TPSA) is 40.5 Å². The Kier molecular flexibility index (Phi) is 4.42. The number of aliphatic hydroxyl groups is 2. The van der Waals surface area contributed by atoms with Crippen molar-refractivity contribution in [2.75, 3.05) is 0 Å². The van der Waals surface area contributed by atoms with E-state index in [2.05, 4.69) is 12.1 Å². The zero-order chi connectivity index (χ0) is 11.4. The van der Waals surface area contributed by atoms with Crippen molar-refractivity contribution in [3.8, 4) is 0 Å². The molecule has 88 valence electrons. The Morgan fingerprint density at radius 1 is 0.938 bits per heavy atom. The molecule has 1 aliphatic rings. The van der Waals surface area contributed by atoms with Crippen molar-refractivity contribution in [3.63, 3.8) is 0 Å². The predicted octanol–water partition coefficient (Wildman–Crippen LogP) is 1.10. The first kappa shape index (κ1) is 12.1. The van der Waals surface area contributed by atoms with Crippen molar-refractivity contribution >= 4 is 19.4 Å². The number of aliphatic hydroxyl groups excluding tert-OH is 2. The van der Waals surface area contributed by atoms with Crippen molar-refractivity contribution < 1.29 is 10.2 Å². The Morgan fingerprint density at radius 3 is 2.06 bits per heavy atom. The van der Waals surface area contributed by atoms with Gasteiger partial charge >= 0.3 is 103 Å². The molecule has 2 N–H and O–H groups in total. The van der Waals surface area contributed by atoms with Crippen LogP contribution in [-0.4, -0.2) is 37.4 Å². The van der Waals surface area contributed by atoms with Crippen LogP contribution in [0.1, 0.15) is 25.7 Å². The molecule has 0 heterocycles. The third kappa shape index (κ3) is 3.08. The fourth-order valence-electron chi connectivity index (χ4n) is 2.11. The summed E-state index contributed by atoms with van der Waals surface area (Å²) in [5.74, 6) is 0. The first-order valence-electron chi connectivity index (χ1n) is 5.85. The number of rotatable bonds is 2. The average Bonchev–Trinajstić information content (AvgIpc) is 2.46. The standard InChI is InChI=1S/C13H18O2Se/c14-11-8-4-5-9-12(15)13(11)16-10-6-2-1-3-7-10/h1-3,6-7,11-15H,4-5,8-9H2/t11-,12+,13?. The maximum absolute atomic E-state index is 10.0. The molecule has 1 unspecified atom stereocenters. The number of hydrogen-bond acceptors (Lipinski definition) is 2. The van der Waals surface area contributed by atoms with Crippen LogP contribution in [-0.2, 0) is 0 Å². The van der Waals surface area contributed by atoms with Crippen molar-refractivity contribution in [1.82, 2.24) is 0 Å². The molecule has 3 heteroatoms. The fourth-order valence-corrected chi connectivity index (χ4v) is 4.65. The van der Waals surface area contributed by atoms with Crippen LogP contribution in [0.25, 0.3) is 0 Å². The molecule has 0 aliphatic heterocycles. The molecule has 0 radical (unpaired) electrons. The summed E-state index contributed by atoms with van der Waals surface area (Å²) in [6.07, 6.45) is 3.13. The first-order chi connectivity index (χ1) is 7.77. The summed E-state index contributed by atoms with van der Waals surface area (Å²) in [7, 11) is 0. The number of hydrogen-bond donors (Lipinski definition) is 2. The molecule has 16 heavy (non-hydrogen) atoms. The third-order valence-electron chi connectivity index (χ3n) is 3.02. The van der Waals surface area contributed by atoms with E-state index in [0.717, 1.165) is 25.7 Å². The van der Waals surface area contributed by atoms with Gasteiger partial charge in [0.05, 0.1) is 0 Å². The Labute approximate surface area is 103 Å². The van der Waals surface area contributed by atoms with E-state index in [0.29, 0.717) is 0 Å². The normalized spacial score (nSPS) is 31.0. The van der Waals surface area contributed by atoms with E-state index >= 15 is 0 Å². The summed E-state index contributed by atoms with van der Waals surface area (Å²) in [5.41, 5.74) is 0. The van der Waals surface area contributed by atoms with Crippen LogP contribution < -0.4 is 4.46 Å². The van der Waals surface area contributed by atoms with Crippen LogP contribution >= 0.6 is 0 Å². The Balaban J connectivity index is 2.06. The molecule has 0 spiro atoms. The second-order valence-corrected chi connectivity index (χ2v) is 6.94. The Bertz CT molecular complexity index is 303. The fraction of sp³-hybridized carbons (Fsp3) is 0.538. The van der Waals surface area contributed by atoms with E-state index in [9.17, 15) is 10.2 Å². The van der Waals surface area contributed by atoms with Gasteiger partial charge in [0.2, 0.25) is 0 Å². The minimum absolute atomic E-state index is 0.0670. The third-order valence-corrected chi connectivity index (χ3v) is 6.05. The molecule has 2 rings (SSSR count). The van der Waals surface area contributed by atoms with Crippen LogP contribution in [0.15, 0.2) is 30.3 Å². The Hall–Kier alpha value is -0.341. The summed E-state index contributed by atoms with van der Waals surface area (Å²) >= 11 is 0.171. The van der Waals surface area contributed by atoms with Crippen LogP contribution in [0, 0.1) is 0 Å². The minimum atomic E-state index is -0.322. The molecule has 2 nitrogen and oxygen atoms in total. The molecular formula is C13H18O2Se. The summed E-state index contributed by atoms with van der Waals surface area (Å²) in [6.45, 7) is 0. The Morgan fingerprint density at radius 2 is 1.50 bits per heavy atom. The molecule has 3 atom stereocenters. The maximum atomic E-state index is 10.0. The van der Waals surface area contributed by atoms with E-state index in [1.165, 1.54) is 4.46 Å². The summed E-state index contributed by atoms with van der Waals surface area (Å²) in [6, 6.07) is 10.2. The van der Waals surface area contributed by atoms with Gasteiger partial charge in [0.1, 0.15) is 0 Å². The SMILES string of the molecule is O[C@@H]1CCCC[C@H](O)C1[Se]c1ccccc1. The van der Waals surface area contributed by atoms with Crippen LogP contribution in [0.2, 0.25) is 4.82 Å². The molecule has 0 aromatic heterocycles. The van der Waals surface area contributed by atoms with Gasteiger partial charge in [-0.05, 0) is 0 Å². The van der Waals surface area contributed by atoms with Gasteiger partial charge in [0.25, 0.3) is 0 Å². The van der Waals surface area contributed by atoms with Gasteiger partial charge in [0, 0.05) is 0 Å². The van der Waals surface area contributed by atoms with Gasteiger partial charge in [0.15, 0.2) is 0 Å². The summed E-state index contributed by atoms with van der Waals surface area (Å²) in [5, 5.41) is 20.1. The molecule has 0 bridgehead atoms. The van der Waals surface area contributed by atoms with Crippen molar-refractivity contribution in [3.05, 3.63) is 30.3 Å². The van der Waals surface area contributed by atoms with E-state index in [1.807, 2.05) is 18.2 Å². The zero-order valence-electron chi connectivity index (χ0n) is 9.25. The van der Waals surface area contributed by atoms with Gasteiger partial charge in [-0.2, -0.15) is 0 Å². The van der Waals surface area contributed by atoms with Crippen molar-refractivity contribution in [1.29, 1.82) is 0 Å². The molecule has 1 fully saturated rings. The molecule has 0 saturated heterocycles. The average molecular weight is 285 g/mol. The molecule has 0 amide bonds. The quantitative estimate of drug-likeness (QED) is 0.631. The molecule has 1 saturated carbocycles. The summed E-state index contributed by atoms with van der Waals surface area (Å²) < 4.78 is 1.26. The van der Waals surface area contributed by atoms with Gasteiger partial charge in [-0.25, -0.2) is 0 Å². The van der Waals surface area contributed by atoms with Gasteiger partial charge < -0.3 is 0 Å². The first-order valence-corrected chi connectivity index (χ1v) is 7.70. The molecular weight excluding hydrogens is 267 g/mol. The van der Waals surface area contributed by atoms with E-state index < -0.39 is 0 Å². The van der Waals surface area contributed by atoms with Crippen LogP contribution in [0.5, 0.6) is 0 Å². The second kappa shape index (κ2) is 5.83. The predicted molar refractivity (Wildman–Crippen MR) is 66.1 cm³/mol. The molecule has 1 aromatic carbocycles. The van der Waals surface area contributed by atoms with Crippen LogP contribution in [0.3, 0.4) is 0 Å². The second-order valence-electron chi connectivity index (χ2n) is 4.31. The number of benzene rings is 1. The molecule has 1 aliphatic carbocycles. The monoisotopic (exact) mass is 286 g/mol. The summed E-state index contributed by atoms with van der Waals surface area (Å²) in [4.78, 5) is 0.0670.